The first kappa shape index (κ1) is 13.9. The van der Waals surface area contributed by atoms with E-state index in [2.05, 4.69) is 18.8 Å². The van der Waals surface area contributed by atoms with E-state index in [4.69, 9.17) is 0 Å². The second-order valence-electron chi connectivity index (χ2n) is 6.59. The molecule has 2 bridgehead atoms. The maximum Gasteiger partial charge on any atom is 0.152 e. The number of hydrogen-bond acceptors (Lipinski definition) is 4. The summed E-state index contributed by atoms with van der Waals surface area (Å²) in [6, 6.07) is 0. The van der Waals surface area contributed by atoms with E-state index in [1.165, 1.54) is 0 Å². The number of ketones is 2. The summed E-state index contributed by atoms with van der Waals surface area (Å²) in [5, 5.41) is 1.06. The van der Waals surface area contributed by atoms with Crippen LogP contribution < -0.4 is 0 Å². The number of aromatic nitrogens is 1. The SMILES string of the molecule is Cc1sc(CC(C)C)nc1C1C(=O)[C@@H]2CC[C@@H](C2)C1=O. The molecule has 20 heavy (non-hydrogen) atoms. The minimum absolute atomic E-state index is 0.109. The molecule has 3 nitrogen and oxygen atoms in total. The minimum Gasteiger partial charge on any atom is -0.298 e. The van der Waals surface area contributed by atoms with Crippen LogP contribution in [0.25, 0.3) is 0 Å². The van der Waals surface area contributed by atoms with E-state index in [0.29, 0.717) is 5.92 Å². The predicted octanol–water partition coefficient (Wildman–Crippen LogP) is 3.30. The zero-order valence-electron chi connectivity index (χ0n) is 12.3. The van der Waals surface area contributed by atoms with Crippen LogP contribution >= 0.6 is 11.3 Å². The molecule has 0 N–H and O–H groups in total. The molecule has 2 aliphatic carbocycles. The molecule has 0 aromatic carbocycles. The lowest BCUT2D eigenvalue weighted by Crippen LogP contribution is -2.35. The van der Waals surface area contributed by atoms with Crippen LogP contribution in [-0.2, 0) is 16.0 Å². The number of aryl methyl sites for hydroxylation is 1. The van der Waals surface area contributed by atoms with Gasteiger partial charge in [0.05, 0.1) is 10.7 Å². The molecule has 1 aromatic heterocycles. The van der Waals surface area contributed by atoms with Crippen molar-refractivity contribution in [3.63, 3.8) is 0 Å². The van der Waals surface area contributed by atoms with Crippen LogP contribution in [0, 0.1) is 24.7 Å². The van der Waals surface area contributed by atoms with Crippen LogP contribution in [0.2, 0.25) is 0 Å². The highest BCUT2D eigenvalue weighted by molar-refractivity contribution is 7.11. The number of carbonyl (C=O) groups excluding carboxylic acids is 2. The van der Waals surface area contributed by atoms with Crippen LogP contribution in [-0.4, -0.2) is 16.6 Å². The molecule has 0 spiro atoms. The van der Waals surface area contributed by atoms with Gasteiger partial charge in [-0.15, -0.1) is 11.3 Å². The van der Waals surface area contributed by atoms with Gasteiger partial charge in [-0.25, -0.2) is 4.98 Å². The Morgan fingerprint density at radius 2 is 1.80 bits per heavy atom. The normalized spacial score (nSPS) is 29.5. The molecule has 1 unspecified atom stereocenters. The van der Waals surface area contributed by atoms with E-state index in [1.807, 2.05) is 6.92 Å². The Bertz CT molecular complexity index is 539. The number of hydrogen-bond donors (Lipinski definition) is 0. The highest BCUT2D eigenvalue weighted by Gasteiger charge is 2.48. The Kier molecular flexibility index (Phi) is 3.53. The maximum absolute atomic E-state index is 12.5. The van der Waals surface area contributed by atoms with Crippen molar-refractivity contribution in [2.45, 2.75) is 52.4 Å². The van der Waals surface area contributed by atoms with Crippen molar-refractivity contribution in [1.29, 1.82) is 0 Å². The van der Waals surface area contributed by atoms with Crippen molar-refractivity contribution >= 4 is 22.9 Å². The van der Waals surface area contributed by atoms with Crippen molar-refractivity contribution in [1.82, 2.24) is 4.98 Å². The fourth-order valence-corrected chi connectivity index (χ4v) is 4.73. The fraction of sp³-hybridized carbons (Fsp3) is 0.688. The lowest BCUT2D eigenvalue weighted by molar-refractivity contribution is -0.136. The van der Waals surface area contributed by atoms with Gasteiger partial charge in [0.2, 0.25) is 0 Å². The Morgan fingerprint density at radius 1 is 1.20 bits per heavy atom. The highest BCUT2D eigenvalue weighted by atomic mass is 32.1. The van der Waals surface area contributed by atoms with E-state index in [-0.39, 0.29) is 23.4 Å². The van der Waals surface area contributed by atoms with Crippen LogP contribution in [0.15, 0.2) is 0 Å². The van der Waals surface area contributed by atoms with E-state index < -0.39 is 5.92 Å². The number of fused-ring (bicyclic) bond motifs is 2. The lowest BCUT2D eigenvalue weighted by Gasteiger charge is -2.24. The predicted molar refractivity (Wildman–Crippen MR) is 79.0 cm³/mol. The fourth-order valence-electron chi connectivity index (χ4n) is 3.55. The van der Waals surface area contributed by atoms with Gasteiger partial charge in [0.15, 0.2) is 11.6 Å². The number of carbonyl (C=O) groups is 2. The zero-order chi connectivity index (χ0) is 14.4. The van der Waals surface area contributed by atoms with Crippen molar-refractivity contribution in [2.24, 2.45) is 17.8 Å². The summed E-state index contributed by atoms with van der Waals surface area (Å²) >= 11 is 1.65. The smallest absolute Gasteiger partial charge is 0.152 e. The van der Waals surface area contributed by atoms with Gasteiger partial charge in [0.25, 0.3) is 0 Å². The monoisotopic (exact) mass is 291 g/mol. The van der Waals surface area contributed by atoms with Gasteiger partial charge < -0.3 is 0 Å². The van der Waals surface area contributed by atoms with Crippen LogP contribution in [0.5, 0.6) is 0 Å². The molecule has 2 saturated carbocycles. The Balaban J connectivity index is 1.93. The number of nitrogens with zero attached hydrogens (tertiary/aromatic N) is 1. The molecular formula is C16H21NO2S. The number of rotatable bonds is 3. The second kappa shape index (κ2) is 5.06. The first-order valence-corrected chi connectivity index (χ1v) is 8.32. The summed E-state index contributed by atoms with van der Waals surface area (Å²) in [4.78, 5) is 30.7. The molecular weight excluding hydrogens is 270 g/mol. The van der Waals surface area contributed by atoms with Gasteiger partial charge in [0, 0.05) is 23.1 Å². The van der Waals surface area contributed by atoms with Crippen molar-refractivity contribution in [3.8, 4) is 0 Å². The quantitative estimate of drug-likeness (QED) is 0.803. The van der Waals surface area contributed by atoms with Crippen molar-refractivity contribution in [2.75, 3.05) is 0 Å². The van der Waals surface area contributed by atoms with Gasteiger partial charge >= 0.3 is 0 Å². The van der Waals surface area contributed by atoms with Gasteiger partial charge in [-0.2, -0.15) is 0 Å². The number of thiazole rings is 1. The topological polar surface area (TPSA) is 47.0 Å². The van der Waals surface area contributed by atoms with Crippen molar-refractivity contribution < 1.29 is 9.59 Å². The molecule has 0 aliphatic heterocycles. The Labute approximate surface area is 123 Å². The molecule has 1 aromatic rings. The third-order valence-electron chi connectivity index (χ3n) is 4.54. The van der Waals surface area contributed by atoms with E-state index >= 15 is 0 Å². The van der Waals surface area contributed by atoms with Crippen LogP contribution in [0.3, 0.4) is 0 Å². The van der Waals surface area contributed by atoms with Gasteiger partial charge in [-0.3, -0.25) is 9.59 Å². The molecule has 4 heteroatoms. The molecule has 2 aliphatic rings. The number of Topliss-reactive ketones (excluding diaryl/α,β-unsaturated/α-hetero) is 2. The standard InChI is InChI=1S/C16H21NO2S/c1-8(2)6-12-17-14(9(3)20-12)13-15(18)10-4-5-11(7-10)16(13)19/h8,10-11,13H,4-7H2,1-3H3/t10-,11+,13?. The summed E-state index contributed by atoms with van der Waals surface area (Å²) in [6.45, 7) is 6.31. The summed E-state index contributed by atoms with van der Waals surface area (Å²) in [5.41, 5.74) is 0.761. The lowest BCUT2D eigenvalue weighted by atomic mass is 9.77. The Hall–Kier alpha value is -1.03. The first-order valence-electron chi connectivity index (χ1n) is 7.51. The van der Waals surface area contributed by atoms with E-state index in [9.17, 15) is 9.59 Å². The average Bonchev–Trinajstić information content (AvgIpc) is 2.93. The molecule has 0 radical (unpaired) electrons. The van der Waals surface area contributed by atoms with Gasteiger partial charge in [-0.05, 0) is 32.1 Å². The van der Waals surface area contributed by atoms with Gasteiger partial charge in [-0.1, -0.05) is 13.8 Å². The summed E-state index contributed by atoms with van der Waals surface area (Å²) < 4.78 is 0. The molecule has 108 valence electrons. The molecule has 2 fully saturated rings. The summed E-state index contributed by atoms with van der Waals surface area (Å²) in [7, 11) is 0. The van der Waals surface area contributed by atoms with Gasteiger partial charge in [0.1, 0.15) is 5.92 Å². The van der Waals surface area contributed by atoms with Crippen LogP contribution in [0.4, 0.5) is 0 Å². The average molecular weight is 291 g/mol. The van der Waals surface area contributed by atoms with Crippen LogP contribution in [0.1, 0.15) is 54.6 Å². The van der Waals surface area contributed by atoms with E-state index in [1.54, 1.807) is 11.3 Å². The maximum atomic E-state index is 12.5. The van der Waals surface area contributed by atoms with Crippen molar-refractivity contribution in [3.05, 3.63) is 15.6 Å². The summed E-state index contributed by atoms with van der Waals surface area (Å²) in [6.07, 6.45) is 3.51. The molecule has 3 rings (SSSR count). The third-order valence-corrected chi connectivity index (χ3v) is 5.55. The molecule has 0 saturated heterocycles. The molecule has 1 heterocycles. The first-order chi connectivity index (χ1) is 9.47. The minimum atomic E-state index is -0.557. The largest absolute Gasteiger partial charge is 0.298 e. The zero-order valence-corrected chi connectivity index (χ0v) is 13.1. The third kappa shape index (κ3) is 2.24. The molecule has 3 atom stereocenters. The Morgan fingerprint density at radius 3 is 2.35 bits per heavy atom. The second-order valence-corrected chi connectivity index (χ2v) is 7.88. The highest BCUT2D eigenvalue weighted by Crippen LogP contribution is 2.44. The summed E-state index contributed by atoms with van der Waals surface area (Å²) in [5.74, 6) is 0.469. The molecule has 0 amide bonds. The van der Waals surface area contributed by atoms with E-state index in [0.717, 1.165) is 41.3 Å².